The monoisotopic (exact) mass is 217 g/mol. The van der Waals surface area contributed by atoms with E-state index in [0.717, 1.165) is 25.2 Å². The fourth-order valence-corrected chi connectivity index (χ4v) is 2.11. The van der Waals surface area contributed by atoms with E-state index in [2.05, 4.69) is 11.1 Å². The van der Waals surface area contributed by atoms with Crippen LogP contribution in [0.1, 0.15) is 18.4 Å². The van der Waals surface area contributed by atoms with Crippen molar-refractivity contribution in [2.45, 2.75) is 18.9 Å². The van der Waals surface area contributed by atoms with Crippen LogP contribution in [0.5, 0.6) is 0 Å². The molecule has 84 valence electrons. The standard InChI is InChI=1S/C12H15N3O/c1-15(8-9-5-11(16)6-9)12-10(7-13)3-2-4-14-12/h2-4,9,11,16H,5-6,8H2,1H3. The summed E-state index contributed by atoms with van der Waals surface area (Å²) < 4.78 is 0. The third-order valence-corrected chi connectivity index (χ3v) is 3.01. The molecule has 0 aliphatic heterocycles. The van der Waals surface area contributed by atoms with Crippen LogP contribution >= 0.6 is 0 Å². The number of aliphatic hydroxyl groups excluding tert-OH is 1. The molecule has 0 unspecified atom stereocenters. The molecule has 4 heteroatoms. The first kappa shape index (κ1) is 10.9. The van der Waals surface area contributed by atoms with Gasteiger partial charge in [-0.05, 0) is 30.9 Å². The maximum Gasteiger partial charge on any atom is 0.146 e. The number of nitrogens with zero attached hydrogens (tertiary/aromatic N) is 3. The van der Waals surface area contributed by atoms with Gasteiger partial charge in [-0.3, -0.25) is 0 Å². The normalized spacial score (nSPS) is 23.3. The predicted octanol–water partition coefficient (Wildman–Crippen LogP) is 1.16. The van der Waals surface area contributed by atoms with Crippen molar-refractivity contribution < 1.29 is 5.11 Å². The quantitative estimate of drug-likeness (QED) is 0.825. The second-order valence-corrected chi connectivity index (χ2v) is 4.36. The smallest absolute Gasteiger partial charge is 0.146 e. The average Bonchev–Trinajstić information content (AvgIpc) is 2.27. The molecule has 0 aromatic carbocycles. The molecule has 0 atom stereocenters. The molecular weight excluding hydrogens is 202 g/mol. The first-order valence-electron chi connectivity index (χ1n) is 5.45. The molecule has 0 saturated heterocycles. The Labute approximate surface area is 95.1 Å². The summed E-state index contributed by atoms with van der Waals surface area (Å²) in [5, 5.41) is 18.2. The molecule has 16 heavy (non-hydrogen) atoms. The fourth-order valence-electron chi connectivity index (χ4n) is 2.11. The van der Waals surface area contributed by atoms with Gasteiger partial charge in [-0.1, -0.05) is 0 Å². The van der Waals surface area contributed by atoms with Gasteiger partial charge in [0.25, 0.3) is 0 Å². The van der Waals surface area contributed by atoms with E-state index in [-0.39, 0.29) is 6.10 Å². The van der Waals surface area contributed by atoms with E-state index in [1.54, 1.807) is 18.3 Å². The highest BCUT2D eigenvalue weighted by Crippen LogP contribution is 2.29. The SMILES string of the molecule is CN(CC1CC(O)C1)c1ncccc1C#N. The Hall–Kier alpha value is -1.60. The Morgan fingerprint density at radius 3 is 3.00 bits per heavy atom. The van der Waals surface area contributed by atoms with Crippen molar-refractivity contribution in [2.75, 3.05) is 18.5 Å². The van der Waals surface area contributed by atoms with Crippen molar-refractivity contribution in [3.63, 3.8) is 0 Å². The van der Waals surface area contributed by atoms with Crippen LogP contribution in [-0.4, -0.2) is 29.8 Å². The summed E-state index contributed by atoms with van der Waals surface area (Å²) in [7, 11) is 1.94. The molecule has 0 bridgehead atoms. The van der Waals surface area contributed by atoms with Crippen molar-refractivity contribution in [1.29, 1.82) is 5.26 Å². The number of rotatable bonds is 3. The van der Waals surface area contributed by atoms with Gasteiger partial charge in [-0.15, -0.1) is 0 Å². The van der Waals surface area contributed by atoms with Gasteiger partial charge in [0, 0.05) is 19.8 Å². The lowest BCUT2D eigenvalue weighted by Crippen LogP contribution is -2.37. The van der Waals surface area contributed by atoms with Gasteiger partial charge in [0.2, 0.25) is 0 Å². The van der Waals surface area contributed by atoms with Gasteiger partial charge in [0.05, 0.1) is 11.7 Å². The Morgan fingerprint density at radius 2 is 2.38 bits per heavy atom. The van der Waals surface area contributed by atoms with E-state index in [1.807, 2.05) is 11.9 Å². The highest BCUT2D eigenvalue weighted by molar-refractivity contribution is 5.52. The van der Waals surface area contributed by atoms with E-state index < -0.39 is 0 Å². The molecule has 0 radical (unpaired) electrons. The van der Waals surface area contributed by atoms with Crippen molar-refractivity contribution >= 4 is 5.82 Å². The maximum atomic E-state index is 9.22. The summed E-state index contributed by atoms with van der Waals surface area (Å²) >= 11 is 0. The Balaban J connectivity index is 2.03. The Morgan fingerprint density at radius 1 is 1.62 bits per heavy atom. The zero-order chi connectivity index (χ0) is 11.5. The predicted molar refractivity (Wildman–Crippen MR) is 61.0 cm³/mol. The van der Waals surface area contributed by atoms with Crippen LogP contribution in [0.15, 0.2) is 18.3 Å². The lowest BCUT2D eigenvalue weighted by atomic mass is 9.82. The molecular formula is C12H15N3O. The zero-order valence-electron chi connectivity index (χ0n) is 9.30. The van der Waals surface area contributed by atoms with E-state index >= 15 is 0 Å². The number of aliphatic hydroxyl groups is 1. The topological polar surface area (TPSA) is 60.1 Å². The van der Waals surface area contributed by atoms with Crippen LogP contribution in [0.4, 0.5) is 5.82 Å². The summed E-state index contributed by atoms with van der Waals surface area (Å²) in [6.07, 6.45) is 3.29. The van der Waals surface area contributed by atoms with Crippen LogP contribution in [-0.2, 0) is 0 Å². The molecule has 1 aliphatic carbocycles. The summed E-state index contributed by atoms with van der Waals surface area (Å²) in [4.78, 5) is 6.22. The lowest BCUT2D eigenvalue weighted by molar-refractivity contribution is 0.0464. The van der Waals surface area contributed by atoms with E-state index in [1.165, 1.54) is 0 Å². The molecule has 1 heterocycles. The van der Waals surface area contributed by atoms with Crippen LogP contribution in [0.3, 0.4) is 0 Å². The number of hydrogen-bond donors (Lipinski definition) is 1. The van der Waals surface area contributed by atoms with Crippen molar-refractivity contribution in [3.8, 4) is 6.07 Å². The second kappa shape index (κ2) is 4.50. The second-order valence-electron chi connectivity index (χ2n) is 4.36. The molecule has 1 aromatic rings. The van der Waals surface area contributed by atoms with Gasteiger partial charge < -0.3 is 10.0 Å². The van der Waals surface area contributed by atoms with Crippen LogP contribution in [0.25, 0.3) is 0 Å². The zero-order valence-corrected chi connectivity index (χ0v) is 9.30. The van der Waals surface area contributed by atoms with Crippen LogP contribution in [0.2, 0.25) is 0 Å². The largest absolute Gasteiger partial charge is 0.393 e. The number of pyridine rings is 1. The Bertz CT molecular complexity index is 407. The minimum atomic E-state index is -0.127. The number of nitriles is 1. The number of aromatic nitrogens is 1. The average molecular weight is 217 g/mol. The third kappa shape index (κ3) is 2.15. The van der Waals surface area contributed by atoms with E-state index in [9.17, 15) is 5.11 Å². The summed E-state index contributed by atoms with van der Waals surface area (Å²) in [5.74, 6) is 1.25. The van der Waals surface area contributed by atoms with Gasteiger partial charge in [-0.25, -0.2) is 4.98 Å². The molecule has 1 fully saturated rings. The molecule has 1 N–H and O–H groups in total. The van der Waals surface area contributed by atoms with Crippen LogP contribution < -0.4 is 4.90 Å². The first-order chi connectivity index (χ1) is 7.70. The van der Waals surface area contributed by atoms with E-state index in [4.69, 9.17) is 5.26 Å². The van der Waals surface area contributed by atoms with Gasteiger partial charge in [0.15, 0.2) is 0 Å². The van der Waals surface area contributed by atoms with Crippen molar-refractivity contribution in [1.82, 2.24) is 4.98 Å². The molecule has 1 aliphatic rings. The fraction of sp³-hybridized carbons (Fsp3) is 0.500. The molecule has 0 amide bonds. The number of anilines is 1. The minimum Gasteiger partial charge on any atom is -0.393 e. The van der Waals surface area contributed by atoms with E-state index in [0.29, 0.717) is 11.5 Å². The first-order valence-corrected chi connectivity index (χ1v) is 5.45. The third-order valence-electron chi connectivity index (χ3n) is 3.01. The van der Waals surface area contributed by atoms with Gasteiger partial charge in [0.1, 0.15) is 11.9 Å². The molecule has 2 rings (SSSR count). The molecule has 0 spiro atoms. The highest BCUT2D eigenvalue weighted by atomic mass is 16.3. The minimum absolute atomic E-state index is 0.127. The summed E-state index contributed by atoms with van der Waals surface area (Å²) in [5.41, 5.74) is 0.602. The maximum absolute atomic E-state index is 9.22. The molecule has 1 saturated carbocycles. The van der Waals surface area contributed by atoms with Gasteiger partial charge >= 0.3 is 0 Å². The van der Waals surface area contributed by atoms with Crippen LogP contribution in [0, 0.1) is 17.2 Å². The Kier molecular flexibility index (Phi) is 3.07. The van der Waals surface area contributed by atoms with Crippen molar-refractivity contribution in [3.05, 3.63) is 23.9 Å². The summed E-state index contributed by atoms with van der Waals surface area (Å²) in [6.45, 7) is 0.850. The van der Waals surface area contributed by atoms with Gasteiger partial charge in [-0.2, -0.15) is 5.26 Å². The number of hydrogen-bond acceptors (Lipinski definition) is 4. The summed E-state index contributed by atoms with van der Waals surface area (Å²) in [6, 6.07) is 5.68. The molecule has 4 nitrogen and oxygen atoms in total. The highest BCUT2D eigenvalue weighted by Gasteiger charge is 2.28. The molecule has 1 aromatic heterocycles. The lowest BCUT2D eigenvalue weighted by Gasteiger charge is -2.34. The van der Waals surface area contributed by atoms with Crippen molar-refractivity contribution in [2.24, 2.45) is 5.92 Å².